The molecular weight excluding hydrogens is 388 g/mol. The third-order valence-corrected chi connectivity index (χ3v) is 6.47. The number of hydrogen-bond acceptors (Lipinski definition) is 6. The Hall–Kier alpha value is -2.45. The number of aliphatic hydroxyl groups is 1. The van der Waals surface area contributed by atoms with Crippen molar-refractivity contribution in [2.45, 2.75) is 50.5 Å². The lowest BCUT2D eigenvalue weighted by Gasteiger charge is -2.33. The smallest absolute Gasteiger partial charge is 0.312 e. The van der Waals surface area contributed by atoms with E-state index in [9.17, 15) is 19.5 Å². The van der Waals surface area contributed by atoms with Gasteiger partial charge in [-0.1, -0.05) is 30.3 Å². The monoisotopic (exact) mass is 416 g/mol. The minimum Gasteiger partial charge on any atom is -0.466 e. The number of likely N-dealkylation sites (tertiary alicyclic amines) is 1. The van der Waals surface area contributed by atoms with Crippen LogP contribution in [-0.2, 0) is 30.4 Å². The quantitative estimate of drug-likeness (QED) is 0.602. The van der Waals surface area contributed by atoms with Crippen LogP contribution in [0.4, 0.5) is 0 Å². The van der Waals surface area contributed by atoms with Gasteiger partial charge in [0, 0.05) is 19.7 Å². The number of ether oxygens (including phenoxy) is 2. The number of nitrogens with zero attached hydrogens (tertiary/aromatic N) is 1. The van der Waals surface area contributed by atoms with E-state index < -0.39 is 35.6 Å². The second kappa shape index (κ2) is 8.35. The molecule has 1 aromatic rings. The predicted molar refractivity (Wildman–Crippen MR) is 106 cm³/mol. The molecule has 0 radical (unpaired) electrons. The molecule has 8 nitrogen and oxygen atoms in total. The summed E-state index contributed by atoms with van der Waals surface area (Å²) in [5.74, 6) is -2.40. The first-order valence-corrected chi connectivity index (χ1v) is 10.6. The molecule has 30 heavy (non-hydrogen) atoms. The summed E-state index contributed by atoms with van der Waals surface area (Å²) in [5.41, 5.74) is -0.0674. The van der Waals surface area contributed by atoms with Crippen molar-refractivity contribution in [3.8, 4) is 0 Å². The Kier molecular flexibility index (Phi) is 5.79. The van der Waals surface area contributed by atoms with Crippen LogP contribution in [0.5, 0.6) is 0 Å². The zero-order chi connectivity index (χ0) is 21.3. The molecule has 8 heteroatoms. The first-order chi connectivity index (χ1) is 14.5. The van der Waals surface area contributed by atoms with Gasteiger partial charge in [0.2, 0.25) is 11.8 Å². The summed E-state index contributed by atoms with van der Waals surface area (Å²) >= 11 is 0. The van der Waals surface area contributed by atoms with Crippen molar-refractivity contribution in [1.29, 1.82) is 0 Å². The zero-order valence-corrected chi connectivity index (χ0v) is 17.1. The summed E-state index contributed by atoms with van der Waals surface area (Å²) in [6.07, 6.45) is 1.11. The van der Waals surface area contributed by atoms with E-state index in [1.165, 1.54) is 4.90 Å². The van der Waals surface area contributed by atoms with E-state index in [0.29, 0.717) is 25.8 Å². The summed E-state index contributed by atoms with van der Waals surface area (Å²) in [6.45, 7) is 2.44. The molecule has 3 fully saturated rings. The van der Waals surface area contributed by atoms with Crippen LogP contribution in [0.25, 0.3) is 0 Å². The van der Waals surface area contributed by atoms with Crippen LogP contribution in [0.15, 0.2) is 30.3 Å². The van der Waals surface area contributed by atoms with Crippen molar-refractivity contribution in [2.75, 3.05) is 19.8 Å². The lowest BCUT2D eigenvalue weighted by atomic mass is 9.71. The maximum absolute atomic E-state index is 13.4. The minimum atomic E-state index is -1.02. The predicted octanol–water partition coefficient (Wildman–Crippen LogP) is 0.623. The Labute approximate surface area is 175 Å². The van der Waals surface area contributed by atoms with Crippen LogP contribution in [0.3, 0.4) is 0 Å². The molecule has 2 unspecified atom stereocenters. The molecule has 0 aromatic heterocycles. The lowest BCUT2D eigenvalue weighted by molar-refractivity contribution is -0.154. The summed E-state index contributed by atoms with van der Waals surface area (Å²) in [6, 6.07) is 8.71. The molecule has 0 saturated carbocycles. The van der Waals surface area contributed by atoms with E-state index in [1.54, 1.807) is 6.92 Å². The van der Waals surface area contributed by atoms with Crippen molar-refractivity contribution in [2.24, 2.45) is 11.8 Å². The van der Waals surface area contributed by atoms with Gasteiger partial charge >= 0.3 is 5.97 Å². The highest BCUT2D eigenvalue weighted by molar-refractivity contribution is 5.98. The van der Waals surface area contributed by atoms with Crippen molar-refractivity contribution in [3.63, 3.8) is 0 Å². The maximum Gasteiger partial charge on any atom is 0.312 e. The molecule has 4 rings (SSSR count). The Bertz CT molecular complexity index is 815. The van der Waals surface area contributed by atoms with E-state index in [2.05, 4.69) is 5.32 Å². The van der Waals surface area contributed by atoms with Crippen molar-refractivity contribution in [3.05, 3.63) is 35.9 Å². The third kappa shape index (κ3) is 3.28. The van der Waals surface area contributed by atoms with Gasteiger partial charge in [-0.05, 0) is 31.7 Å². The Morgan fingerprint density at radius 2 is 2.10 bits per heavy atom. The highest BCUT2D eigenvalue weighted by Crippen LogP contribution is 2.58. The molecule has 3 saturated heterocycles. The van der Waals surface area contributed by atoms with Crippen LogP contribution >= 0.6 is 0 Å². The van der Waals surface area contributed by atoms with Gasteiger partial charge in [0.25, 0.3) is 0 Å². The van der Waals surface area contributed by atoms with E-state index >= 15 is 0 Å². The van der Waals surface area contributed by atoms with E-state index in [-0.39, 0.29) is 31.6 Å². The van der Waals surface area contributed by atoms with E-state index in [4.69, 9.17) is 9.47 Å². The highest BCUT2D eigenvalue weighted by Gasteiger charge is 2.74. The fourth-order valence-corrected chi connectivity index (χ4v) is 5.32. The number of rotatable bonds is 8. The number of esters is 1. The average molecular weight is 416 g/mol. The van der Waals surface area contributed by atoms with Crippen molar-refractivity contribution in [1.82, 2.24) is 10.2 Å². The zero-order valence-electron chi connectivity index (χ0n) is 17.1. The van der Waals surface area contributed by atoms with Crippen LogP contribution in [0, 0.1) is 11.8 Å². The van der Waals surface area contributed by atoms with Crippen LogP contribution in [0.2, 0.25) is 0 Å². The van der Waals surface area contributed by atoms with Gasteiger partial charge in [-0.25, -0.2) is 0 Å². The summed E-state index contributed by atoms with van der Waals surface area (Å²) < 4.78 is 11.5. The van der Waals surface area contributed by atoms with Crippen LogP contribution in [-0.4, -0.2) is 65.3 Å². The van der Waals surface area contributed by atoms with E-state index in [1.807, 2.05) is 30.3 Å². The van der Waals surface area contributed by atoms with Crippen LogP contribution < -0.4 is 5.32 Å². The number of benzene rings is 1. The molecule has 162 valence electrons. The summed E-state index contributed by atoms with van der Waals surface area (Å²) in [7, 11) is 0. The van der Waals surface area contributed by atoms with Crippen molar-refractivity contribution >= 4 is 17.8 Å². The van der Waals surface area contributed by atoms with Gasteiger partial charge in [0.1, 0.15) is 11.6 Å². The van der Waals surface area contributed by atoms with E-state index in [0.717, 1.165) is 5.56 Å². The first-order valence-electron chi connectivity index (χ1n) is 10.6. The molecule has 3 heterocycles. The fourth-order valence-electron chi connectivity index (χ4n) is 5.32. The number of amides is 2. The Morgan fingerprint density at radius 3 is 2.80 bits per heavy atom. The summed E-state index contributed by atoms with van der Waals surface area (Å²) in [5, 5.41) is 12.2. The number of fused-ring (bicyclic) bond motifs is 1. The largest absolute Gasteiger partial charge is 0.466 e. The Morgan fingerprint density at radius 1 is 1.33 bits per heavy atom. The minimum absolute atomic E-state index is 0.0927. The third-order valence-electron chi connectivity index (χ3n) is 6.47. The molecule has 2 amide bonds. The van der Waals surface area contributed by atoms with Crippen LogP contribution in [0.1, 0.15) is 31.7 Å². The SMILES string of the molecule is CCOC(=O)[C@@H]1[C@H]2C(=O)N(CCCO)C(C(=O)NCc3ccccc3)C23CC[C@H]1O3. The molecule has 1 aromatic carbocycles. The highest BCUT2D eigenvalue weighted by atomic mass is 16.6. The lowest BCUT2D eigenvalue weighted by Crippen LogP contribution is -2.55. The number of carbonyl (C=O) groups excluding carboxylic acids is 3. The molecule has 1 spiro atoms. The van der Waals surface area contributed by atoms with Crippen molar-refractivity contribution < 1.29 is 29.0 Å². The average Bonchev–Trinajstić information content (AvgIpc) is 3.39. The first kappa shape index (κ1) is 20.8. The number of nitrogens with one attached hydrogen (secondary N) is 1. The van der Waals surface area contributed by atoms with Gasteiger partial charge in [-0.3, -0.25) is 14.4 Å². The van der Waals surface area contributed by atoms with Gasteiger partial charge in [-0.15, -0.1) is 0 Å². The maximum atomic E-state index is 13.4. The van der Waals surface area contributed by atoms with Gasteiger partial charge in [0.05, 0.1) is 24.5 Å². The van der Waals surface area contributed by atoms with Gasteiger partial charge < -0.3 is 24.8 Å². The van der Waals surface area contributed by atoms with Gasteiger partial charge in [0.15, 0.2) is 0 Å². The standard InChI is InChI=1S/C22H28N2O6/c1-2-29-21(28)16-15-9-10-22(30-15)17(16)20(27)24(11-6-12-25)18(22)19(26)23-13-14-7-4-3-5-8-14/h3-5,7-8,15-18,25H,2,6,9-13H2,1H3,(H,23,26)/t15-,16+,17+,18?,22?/m1/s1. The molecule has 2 N–H and O–H groups in total. The number of aliphatic hydroxyl groups excluding tert-OH is 1. The fraction of sp³-hybridized carbons (Fsp3) is 0.591. The molecule has 3 aliphatic heterocycles. The second-order valence-electron chi connectivity index (χ2n) is 8.12. The number of hydrogen-bond donors (Lipinski definition) is 2. The Balaban J connectivity index is 1.61. The molecule has 3 aliphatic rings. The molecular formula is C22H28N2O6. The van der Waals surface area contributed by atoms with Gasteiger partial charge in [-0.2, -0.15) is 0 Å². The topological polar surface area (TPSA) is 105 Å². The number of carbonyl (C=O) groups is 3. The molecule has 5 atom stereocenters. The second-order valence-corrected chi connectivity index (χ2v) is 8.12. The summed E-state index contributed by atoms with van der Waals surface area (Å²) in [4.78, 5) is 40.8. The normalized spacial score (nSPS) is 31.7. The molecule has 2 bridgehead atoms. The molecule has 0 aliphatic carbocycles.